The molecule has 8 N–H and O–H groups in total. The maximum atomic E-state index is 12.7. The summed E-state index contributed by atoms with van der Waals surface area (Å²) in [4.78, 5) is 70.4. The lowest BCUT2D eigenvalue weighted by atomic mass is 10.0. The van der Waals surface area contributed by atoms with Crippen molar-refractivity contribution in [1.29, 1.82) is 0 Å². The first-order valence-electron chi connectivity index (χ1n) is 9.62. The van der Waals surface area contributed by atoms with E-state index in [1.807, 2.05) is 11.6 Å². The van der Waals surface area contributed by atoms with E-state index in [4.69, 9.17) is 21.1 Å². The first-order valence-corrected chi connectivity index (χ1v) is 11.0. The second kappa shape index (κ2) is 14.2. The first-order chi connectivity index (χ1) is 14.8. The number of carboxylic acids is 3. The van der Waals surface area contributed by atoms with E-state index in [-0.39, 0.29) is 0 Å². The Bertz CT molecular complexity index is 717. The number of aliphatic carboxylic acids is 3. The van der Waals surface area contributed by atoms with Gasteiger partial charge in [-0.3, -0.25) is 24.0 Å². The van der Waals surface area contributed by atoms with Crippen LogP contribution in [0.2, 0.25) is 0 Å². The van der Waals surface area contributed by atoms with Gasteiger partial charge in [0.2, 0.25) is 17.7 Å². The summed E-state index contributed by atoms with van der Waals surface area (Å²) in [7, 11) is 0. The normalized spacial score (nSPS) is 14.5. The van der Waals surface area contributed by atoms with Crippen molar-refractivity contribution < 1.29 is 44.1 Å². The molecule has 0 saturated carbocycles. The van der Waals surface area contributed by atoms with E-state index in [1.165, 1.54) is 11.8 Å². The molecular formula is C18H30N4O9S. The van der Waals surface area contributed by atoms with Gasteiger partial charge in [0.15, 0.2) is 0 Å². The summed E-state index contributed by atoms with van der Waals surface area (Å²) in [5.74, 6) is -7.13. The fourth-order valence-electron chi connectivity index (χ4n) is 2.46. The van der Waals surface area contributed by atoms with Crippen LogP contribution in [0.5, 0.6) is 0 Å². The summed E-state index contributed by atoms with van der Waals surface area (Å²) in [6.07, 6.45) is 0.355. The molecule has 14 heteroatoms. The number of carbonyl (C=O) groups is 6. The summed E-state index contributed by atoms with van der Waals surface area (Å²) in [5.41, 5.74) is 5.79. The van der Waals surface area contributed by atoms with Gasteiger partial charge >= 0.3 is 17.9 Å². The number of amides is 3. The van der Waals surface area contributed by atoms with Crippen LogP contribution < -0.4 is 21.7 Å². The van der Waals surface area contributed by atoms with Crippen LogP contribution in [0.25, 0.3) is 0 Å². The minimum atomic E-state index is -1.83. The predicted molar refractivity (Wildman–Crippen MR) is 114 cm³/mol. The van der Waals surface area contributed by atoms with Crippen molar-refractivity contribution in [2.24, 2.45) is 11.7 Å². The van der Waals surface area contributed by atoms with Gasteiger partial charge in [-0.2, -0.15) is 11.8 Å². The van der Waals surface area contributed by atoms with Gasteiger partial charge in [0.05, 0.1) is 18.9 Å². The fourth-order valence-corrected chi connectivity index (χ4v) is 2.95. The third-order valence-corrected chi connectivity index (χ3v) is 4.87. The Morgan fingerprint density at radius 1 is 0.812 bits per heavy atom. The minimum absolute atomic E-state index is 0.365. The number of hydrogen-bond donors (Lipinski definition) is 7. The third kappa shape index (κ3) is 10.9. The Morgan fingerprint density at radius 2 is 1.31 bits per heavy atom. The van der Waals surface area contributed by atoms with Crippen LogP contribution in [0.1, 0.15) is 33.1 Å². The standard InChI is InChI=1S/C18H30N4O9S/c1-8(2)14(22-15(27)9(19)4-5-32-3)17(29)20-10(6-12(23)24)16(28)21-11(18(30)31)7-13(25)26/h8-11,14H,4-7,19H2,1-3H3,(H,20,29)(H,21,28)(H,22,27)(H,23,24)(H,25,26)(H,30,31). The summed E-state index contributed by atoms with van der Waals surface area (Å²) in [5, 5.41) is 33.4. The molecule has 0 aliphatic carbocycles. The van der Waals surface area contributed by atoms with Crippen molar-refractivity contribution in [1.82, 2.24) is 16.0 Å². The zero-order valence-electron chi connectivity index (χ0n) is 18.0. The molecule has 4 atom stereocenters. The van der Waals surface area contributed by atoms with E-state index < -0.39 is 78.6 Å². The summed E-state index contributed by atoms with van der Waals surface area (Å²) in [6.45, 7) is 3.22. The molecule has 13 nitrogen and oxygen atoms in total. The van der Waals surface area contributed by atoms with Crippen molar-refractivity contribution in [3.05, 3.63) is 0 Å². The second-order valence-corrected chi connectivity index (χ2v) is 8.26. The SMILES string of the molecule is CSCCC(N)C(=O)NC(C(=O)NC(CC(=O)O)C(=O)NC(CC(=O)O)C(=O)O)C(C)C. The van der Waals surface area contributed by atoms with Crippen LogP contribution in [0.4, 0.5) is 0 Å². The van der Waals surface area contributed by atoms with E-state index in [1.54, 1.807) is 13.8 Å². The van der Waals surface area contributed by atoms with Crippen molar-refractivity contribution >= 4 is 47.4 Å². The minimum Gasteiger partial charge on any atom is -0.481 e. The molecule has 3 amide bonds. The lowest BCUT2D eigenvalue weighted by molar-refractivity contribution is -0.148. The van der Waals surface area contributed by atoms with Crippen molar-refractivity contribution in [3.63, 3.8) is 0 Å². The zero-order valence-corrected chi connectivity index (χ0v) is 18.8. The number of carboxylic acid groups (broad SMARTS) is 3. The largest absolute Gasteiger partial charge is 0.481 e. The Kier molecular flexibility index (Phi) is 13.0. The molecule has 4 unspecified atom stereocenters. The molecule has 0 spiro atoms. The van der Waals surface area contributed by atoms with E-state index in [2.05, 4.69) is 10.6 Å². The van der Waals surface area contributed by atoms with E-state index >= 15 is 0 Å². The average molecular weight is 479 g/mol. The molecule has 0 heterocycles. The van der Waals surface area contributed by atoms with Gasteiger partial charge in [-0.1, -0.05) is 13.8 Å². The van der Waals surface area contributed by atoms with Gasteiger partial charge in [-0.05, 0) is 24.3 Å². The molecule has 0 radical (unpaired) electrons. The molecule has 0 fully saturated rings. The van der Waals surface area contributed by atoms with Crippen molar-refractivity contribution in [3.8, 4) is 0 Å². The third-order valence-electron chi connectivity index (χ3n) is 4.22. The molecule has 0 aliphatic heterocycles. The highest BCUT2D eigenvalue weighted by atomic mass is 32.2. The number of rotatable bonds is 15. The topological polar surface area (TPSA) is 225 Å². The predicted octanol–water partition coefficient (Wildman–Crippen LogP) is -1.79. The van der Waals surface area contributed by atoms with Crippen molar-refractivity contribution in [2.75, 3.05) is 12.0 Å². The Morgan fingerprint density at radius 3 is 1.75 bits per heavy atom. The fraction of sp³-hybridized carbons (Fsp3) is 0.667. The van der Waals surface area contributed by atoms with Gasteiger partial charge < -0.3 is 37.0 Å². The molecule has 0 aromatic carbocycles. The second-order valence-electron chi connectivity index (χ2n) is 7.27. The number of nitrogens with two attached hydrogens (primary N) is 1. The number of thioether (sulfide) groups is 1. The maximum Gasteiger partial charge on any atom is 0.326 e. The van der Waals surface area contributed by atoms with Crippen LogP contribution >= 0.6 is 11.8 Å². The molecule has 0 aliphatic rings. The Hall–Kier alpha value is -2.87. The van der Waals surface area contributed by atoms with Gasteiger partial charge in [0.25, 0.3) is 0 Å². The van der Waals surface area contributed by atoms with Crippen LogP contribution in [-0.2, 0) is 28.8 Å². The number of hydrogen-bond acceptors (Lipinski definition) is 8. The van der Waals surface area contributed by atoms with Gasteiger partial charge in [0, 0.05) is 0 Å². The highest BCUT2D eigenvalue weighted by Crippen LogP contribution is 2.06. The van der Waals surface area contributed by atoms with Gasteiger partial charge in [-0.25, -0.2) is 4.79 Å². The summed E-state index contributed by atoms with van der Waals surface area (Å²) in [6, 6.07) is -5.56. The molecule has 0 aromatic heterocycles. The highest BCUT2D eigenvalue weighted by molar-refractivity contribution is 7.98. The van der Waals surface area contributed by atoms with Crippen LogP contribution in [0.3, 0.4) is 0 Å². The van der Waals surface area contributed by atoms with E-state index in [0.717, 1.165) is 0 Å². The van der Waals surface area contributed by atoms with Crippen LogP contribution in [0, 0.1) is 5.92 Å². The number of nitrogens with one attached hydrogen (secondary N) is 3. The quantitative estimate of drug-likeness (QED) is 0.139. The molecule has 0 rings (SSSR count). The van der Waals surface area contributed by atoms with Crippen LogP contribution in [-0.4, -0.2) is 87.1 Å². The van der Waals surface area contributed by atoms with Crippen molar-refractivity contribution in [2.45, 2.75) is 57.3 Å². The van der Waals surface area contributed by atoms with Crippen LogP contribution in [0.15, 0.2) is 0 Å². The maximum absolute atomic E-state index is 12.7. The Balaban J connectivity index is 5.42. The smallest absolute Gasteiger partial charge is 0.326 e. The van der Waals surface area contributed by atoms with E-state index in [9.17, 15) is 28.8 Å². The molecule has 0 saturated heterocycles. The number of carbonyl (C=O) groups excluding carboxylic acids is 3. The first kappa shape index (κ1) is 29.1. The molecule has 0 aromatic rings. The average Bonchev–Trinajstić information content (AvgIpc) is 2.67. The molecule has 182 valence electrons. The van der Waals surface area contributed by atoms with Gasteiger partial charge in [-0.15, -0.1) is 0 Å². The Labute approximate surface area is 188 Å². The molecule has 0 bridgehead atoms. The molecular weight excluding hydrogens is 448 g/mol. The monoisotopic (exact) mass is 478 g/mol. The summed E-state index contributed by atoms with van der Waals surface area (Å²) < 4.78 is 0. The van der Waals surface area contributed by atoms with Gasteiger partial charge in [0.1, 0.15) is 18.1 Å². The van der Waals surface area contributed by atoms with E-state index in [0.29, 0.717) is 12.2 Å². The lowest BCUT2D eigenvalue weighted by Crippen LogP contribution is -2.58. The summed E-state index contributed by atoms with van der Waals surface area (Å²) >= 11 is 1.49. The molecule has 32 heavy (non-hydrogen) atoms. The lowest BCUT2D eigenvalue weighted by Gasteiger charge is -2.26. The highest BCUT2D eigenvalue weighted by Gasteiger charge is 2.33. The zero-order chi connectivity index (χ0) is 25.0.